The van der Waals surface area contributed by atoms with Gasteiger partial charge in [-0.05, 0) is 19.4 Å². The van der Waals surface area contributed by atoms with Crippen molar-refractivity contribution in [2.45, 2.75) is 31.5 Å². The average Bonchev–Trinajstić information content (AvgIpc) is 3.12. The van der Waals surface area contributed by atoms with Crippen LogP contribution in [0.5, 0.6) is 0 Å². The number of H-pyrrole nitrogens is 1. The van der Waals surface area contributed by atoms with Crippen LogP contribution in [0, 0.1) is 0 Å². The van der Waals surface area contributed by atoms with Crippen molar-refractivity contribution in [3.63, 3.8) is 0 Å². The standard InChI is InChI=1S/C19H21F3N6O2/c1-28-6-4-13(29)14-11(8-24-16(14)17(28)30)15-12(19(20,21)22)9-25-18(27-15)26-10-3-2-5-23-7-10/h8-10,23-24H,2-7H2,1H3,(H,25,26,27)/t10-/m0/s1. The molecule has 1 fully saturated rings. The molecule has 2 aliphatic heterocycles. The first-order valence-corrected chi connectivity index (χ1v) is 9.67. The minimum absolute atomic E-state index is 0.0106. The molecule has 0 aliphatic carbocycles. The monoisotopic (exact) mass is 422 g/mol. The molecule has 11 heteroatoms. The Labute approximate surface area is 170 Å². The minimum atomic E-state index is -4.72. The van der Waals surface area contributed by atoms with Gasteiger partial charge in [0, 0.05) is 50.6 Å². The number of carbonyl (C=O) groups excluding carboxylic acids is 2. The number of hydrogen-bond donors (Lipinski definition) is 3. The molecule has 0 bridgehead atoms. The van der Waals surface area contributed by atoms with E-state index in [4.69, 9.17) is 0 Å². The van der Waals surface area contributed by atoms with Crippen molar-refractivity contribution < 1.29 is 22.8 Å². The molecule has 0 radical (unpaired) electrons. The molecule has 30 heavy (non-hydrogen) atoms. The lowest BCUT2D eigenvalue weighted by Crippen LogP contribution is -2.38. The van der Waals surface area contributed by atoms with Gasteiger partial charge in [-0.3, -0.25) is 9.59 Å². The van der Waals surface area contributed by atoms with E-state index in [1.165, 1.54) is 18.1 Å². The smallest absolute Gasteiger partial charge is 0.356 e. The van der Waals surface area contributed by atoms with E-state index in [-0.39, 0.29) is 41.8 Å². The molecule has 4 rings (SSSR count). The number of carbonyl (C=O) groups is 2. The zero-order valence-corrected chi connectivity index (χ0v) is 16.3. The van der Waals surface area contributed by atoms with Crippen LogP contribution >= 0.6 is 0 Å². The summed E-state index contributed by atoms with van der Waals surface area (Å²) in [6.45, 7) is 1.73. The molecule has 2 aromatic heterocycles. The Morgan fingerprint density at radius 3 is 2.80 bits per heavy atom. The van der Waals surface area contributed by atoms with Crippen LogP contribution in [0.4, 0.5) is 19.1 Å². The molecule has 160 valence electrons. The molecule has 1 saturated heterocycles. The summed E-state index contributed by atoms with van der Waals surface area (Å²) >= 11 is 0. The van der Waals surface area contributed by atoms with Gasteiger partial charge in [-0.25, -0.2) is 9.97 Å². The van der Waals surface area contributed by atoms with Crippen molar-refractivity contribution in [2.24, 2.45) is 0 Å². The average molecular weight is 422 g/mol. The fourth-order valence-corrected chi connectivity index (χ4v) is 3.78. The van der Waals surface area contributed by atoms with Gasteiger partial charge in [-0.15, -0.1) is 0 Å². The number of hydrogen-bond acceptors (Lipinski definition) is 6. The summed E-state index contributed by atoms with van der Waals surface area (Å²) in [5.74, 6) is -0.806. The van der Waals surface area contributed by atoms with Gasteiger partial charge in [0.1, 0.15) is 11.3 Å². The number of ketones is 1. The second-order valence-electron chi connectivity index (χ2n) is 7.49. The third kappa shape index (κ3) is 3.76. The summed E-state index contributed by atoms with van der Waals surface area (Å²) in [5.41, 5.74) is -1.61. The fourth-order valence-electron chi connectivity index (χ4n) is 3.78. The van der Waals surface area contributed by atoms with Crippen LogP contribution in [-0.4, -0.2) is 64.3 Å². The SMILES string of the molecule is CN1CCC(=O)c2c(-c3nc(N[C@H]4CCCNC4)ncc3C(F)(F)F)c[nH]c2C1=O. The molecule has 1 amide bonds. The van der Waals surface area contributed by atoms with E-state index in [0.29, 0.717) is 6.54 Å². The minimum Gasteiger partial charge on any atom is -0.356 e. The van der Waals surface area contributed by atoms with Crippen molar-refractivity contribution in [1.29, 1.82) is 0 Å². The van der Waals surface area contributed by atoms with E-state index in [2.05, 4.69) is 25.6 Å². The van der Waals surface area contributed by atoms with Crippen LogP contribution in [0.1, 0.15) is 45.7 Å². The summed E-state index contributed by atoms with van der Waals surface area (Å²) in [5, 5.41) is 6.26. The van der Waals surface area contributed by atoms with Crippen LogP contribution in [0.3, 0.4) is 0 Å². The maximum absolute atomic E-state index is 13.7. The number of amides is 1. The van der Waals surface area contributed by atoms with E-state index in [9.17, 15) is 22.8 Å². The molecule has 0 spiro atoms. The van der Waals surface area contributed by atoms with E-state index in [0.717, 1.165) is 25.6 Å². The number of aromatic nitrogens is 3. The summed E-state index contributed by atoms with van der Waals surface area (Å²) < 4.78 is 41.1. The summed E-state index contributed by atoms with van der Waals surface area (Å²) in [4.78, 5) is 37.2. The number of fused-ring (bicyclic) bond motifs is 1. The zero-order chi connectivity index (χ0) is 21.5. The number of rotatable bonds is 3. The zero-order valence-electron chi connectivity index (χ0n) is 16.3. The van der Waals surface area contributed by atoms with Gasteiger partial charge in [0.15, 0.2) is 5.78 Å². The van der Waals surface area contributed by atoms with E-state index in [1.54, 1.807) is 0 Å². The number of Topliss-reactive ketones (excluding diaryl/α,β-unsaturated/α-hetero) is 1. The van der Waals surface area contributed by atoms with Crippen molar-refractivity contribution in [2.75, 3.05) is 32.0 Å². The Morgan fingerprint density at radius 2 is 2.10 bits per heavy atom. The molecule has 0 unspecified atom stereocenters. The molecule has 0 aromatic carbocycles. The fraction of sp³-hybridized carbons (Fsp3) is 0.474. The molecular weight excluding hydrogens is 401 g/mol. The van der Waals surface area contributed by atoms with E-state index >= 15 is 0 Å². The van der Waals surface area contributed by atoms with E-state index < -0.39 is 29.1 Å². The number of nitrogens with zero attached hydrogens (tertiary/aromatic N) is 3. The second-order valence-corrected chi connectivity index (χ2v) is 7.49. The van der Waals surface area contributed by atoms with Gasteiger partial charge < -0.3 is 20.5 Å². The molecule has 2 aliphatic rings. The number of aromatic amines is 1. The number of alkyl halides is 3. The topological polar surface area (TPSA) is 103 Å². The highest BCUT2D eigenvalue weighted by Crippen LogP contribution is 2.39. The highest BCUT2D eigenvalue weighted by molar-refractivity contribution is 6.12. The molecular formula is C19H21F3N6O2. The number of piperidine rings is 1. The van der Waals surface area contributed by atoms with Crippen LogP contribution in [0.15, 0.2) is 12.4 Å². The van der Waals surface area contributed by atoms with Gasteiger partial charge in [-0.1, -0.05) is 0 Å². The largest absolute Gasteiger partial charge is 0.419 e. The number of nitrogens with one attached hydrogen (secondary N) is 3. The van der Waals surface area contributed by atoms with Gasteiger partial charge >= 0.3 is 6.18 Å². The summed E-state index contributed by atoms with van der Waals surface area (Å²) in [6, 6.07) is -0.0106. The number of anilines is 1. The van der Waals surface area contributed by atoms with Gasteiger partial charge in [0.05, 0.1) is 11.3 Å². The maximum atomic E-state index is 13.7. The summed E-state index contributed by atoms with van der Waals surface area (Å²) in [6.07, 6.45) is -0.977. The molecule has 8 nitrogen and oxygen atoms in total. The quantitative estimate of drug-likeness (QED) is 0.702. The molecule has 4 heterocycles. The Balaban J connectivity index is 1.81. The van der Waals surface area contributed by atoms with Crippen LogP contribution < -0.4 is 10.6 Å². The predicted molar refractivity (Wildman–Crippen MR) is 102 cm³/mol. The second kappa shape index (κ2) is 7.71. The van der Waals surface area contributed by atoms with E-state index in [1.807, 2.05) is 0 Å². The number of halogens is 3. The lowest BCUT2D eigenvalue weighted by atomic mass is 9.99. The first kappa shape index (κ1) is 20.3. The van der Waals surface area contributed by atoms with Crippen LogP contribution in [0.2, 0.25) is 0 Å². The van der Waals surface area contributed by atoms with Crippen LogP contribution in [-0.2, 0) is 6.18 Å². The Bertz CT molecular complexity index is 981. The van der Waals surface area contributed by atoms with Gasteiger partial charge in [-0.2, -0.15) is 13.2 Å². The van der Waals surface area contributed by atoms with Crippen molar-refractivity contribution >= 4 is 17.6 Å². The normalized spacial score (nSPS) is 20.1. The first-order chi connectivity index (χ1) is 14.3. The first-order valence-electron chi connectivity index (χ1n) is 9.67. The van der Waals surface area contributed by atoms with Crippen LogP contribution in [0.25, 0.3) is 11.3 Å². The Kier molecular flexibility index (Phi) is 5.22. The van der Waals surface area contributed by atoms with Crippen molar-refractivity contribution in [3.05, 3.63) is 29.2 Å². The maximum Gasteiger partial charge on any atom is 0.419 e. The van der Waals surface area contributed by atoms with Gasteiger partial charge in [0.2, 0.25) is 5.95 Å². The van der Waals surface area contributed by atoms with Crippen molar-refractivity contribution in [1.82, 2.24) is 25.2 Å². The Hall–Kier alpha value is -2.95. The highest BCUT2D eigenvalue weighted by Gasteiger charge is 2.38. The molecule has 3 N–H and O–H groups in total. The molecule has 2 aromatic rings. The molecule has 0 saturated carbocycles. The van der Waals surface area contributed by atoms with Crippen molar-refractivity contribution in [3.8, 4) is 11.3 Å². The lowest BCUT2D eigenvalue weighted by Gasteiger charge is -2.24. The molecule has 1 atom stereocenters. The lowest BCUT2D eigenvalue weighted by molar-refractivity contribution is -0.137. The highest BCUT2D eigenvalue weighted by atomic mass is 19.4. The third-order valence-electron chi connectivity index (χ3n) is 5.37. The van der Waals surface area contributed by atoms with Gasteiger partial charge in [0.25, 0.3) is 5.91 Å². The summed E-state index contributed by atoms with van der Waals surface area (Å²) in [7, 11) is 1.54. The predicted octanol–water partition coefficient (Wildman–Crippen LogP) is 2.31. The Morgan fingerprint density at radius 1 is 1.30 bits per heavy atom. The third-order valence-corrected chi connectivity index (χ3v) is 5.37.